The Morgan fingerprint density at radius 3 is 2.74 bits per heavy atom. The molecule has 10 heteroatoms. The number of nitrogens with zero attached hydrogens (tertiary/aromatic N) is 6. The molecule has 0 radical (unpaired) electrons. The lowest BCUT2D eigenvalue weighted by molar-refractivity contribution is 0.769. The maximum Gasteiger partial charge on any atom is 0.160 e. The van der Waals surface area contributed by atoms with Gasteiger partial charge in [-0.25, -0.2) is 19.3 Å². The van der Waals surface area contributed by atoms with Crippen molar-refractivity contribution in [3.63, 3.8) is 0 Å². The smallest absolute Gasteiger partial charge is 0.160 e. The van der Waals surface area contributed by atoms with E-state index in [0.717, 1.165) is 22.2 Å². The number of rotatable bonds is 4. The first-order valence-corrected chi connectivity index (χ1v) is 10.1. The highest BCUT2D eigenvalue weighted by Gasteiger charge is 2.19. The summed E-state index contributed by atoms with van der Waals surface area (Å²) in [6.07, 6.45) is 7.81. The monoisotopic (exact) mass is 430 g/mol. The second-order valence-corrected chi connectivity index (χ2v) is 7.40. The number of aromatic amines is 2. The molecule has 5 heterocycles. The Balaban J connectivity index is 1.72. The van der Waals surface area contributed by atoms with E-state index in [2.05, 4.69) is 41.7 Å². The maximum absolute atomic E-state index is 15.7. The van der Waals surface area contributed by atoms with Crippen LogP contribution in [-0.2, 0) is 0 Å². The van der Waals surface area contributed by atoms with Gasteiger partial charge in [-0.05, 0) is 22.4 Å². The average molecular weight is 430 g/mol. The molecule has 0 atom stereocenters. The first kappa shape index (κ1) is 18.9. The normalized spacial score (nSPS) is 13.0. The van der Waals surface area contributed by atoms with Gasteiger partial charge in [-0.3, -0.25) is 15.1 Å². The minimum atomic E-state index is -0.595. The molecule has 152 valence electrons. The summed E-state index contributed by atoms with van der Waals surface area (Å²) in [5.41, 5.74) is 4.20. The number of fused-ring (bicyclic) bond motifs is 1. The third kappa shape index (κ3) is 3.22. The second-order valence-electron chi connectivity index (χ2n) is 6.62. The lowest BCUT2D eigenvalue weighted by Crippen LogP contribution is -2.27. The van der Waals surface area contributed by atoms with Crippen LogP contribution < -0.4 is 10.6 Å². The Bertz CT molecular complexity index is 1520. The predicted octanol–water partition coefficient (Wildman–Crippen LogP) is 2.47. The van der Waals surface area contributed by atoms with Crippen molar-refractivity contribution in [1.29, 1.82) is 0 Å². The second kappa shape index (κ2) is 7.65. The number of halogens is 1. The van der Waals surface area contributed by atoms with Crippen molar-refractivity contribution < 1.29 is 4.39 Å². The van der Waals surface area contributed by atoms with Gasteiger partial charge in [0.05, 0.1) is 22.3 Å². The molecule has 5 rings (SSSR count). The Labute approximate surface area is 179 Å². The highest BCUT2D eigenvalue weighted by atomic mass is 32.1. The number of aromatic nitrogens is 7. The number of H-pyrrole nitrogens is 2. The van der Waals surface area contributed by atoms with E-state index < -0.39 is 5.83 Å². The third-order valence-electron chi connectivity index (χ3n) is 4.78. The predicted molar refractivity (Wildman–Crippen MR) is 119 cm³/mol. The molecule has 0 aliphatic rings. The van der Waals surface area contributed by atoms with E-state index in [4.69, 9.17) is 4.98 Å². The Kier molecular flexibility index (Phi) is 4.68. The van der Waals surface area contributed by atoms with Crippen molar-refractivity contribution in [2.75, 3.05) is 7.05 Å². The number of thiophene rings is 1. The van der Waals surface area contributed by atoms with Gasteiger partial charge in [-0.2, -0.15) is 16.4 Å². The van der Waals surface area contributed by atoms with Crippen LogP contribution in [0.1, 0.15) is 5.56 Å². The molecular weight excluding hydrogens is 415 g/mol. The van der Waals surface area contributed by atoms with E-state index in [1.54, 1.807) is 23.7 Å². The Morgan fingerprint density at radius 1 is 1.16 bits per heavy atom. The van der Waals surface area contributed by atoms with Gasteiger partial charge in [0, 0.05) is 36.8 Å². The summed E-state index contributed by atoms with van der Waals surface area (Å²) in [5.74, 6) is -0.196. The first-order valence-electron chi connectivity index (χ1n) is 9.19. The van der Waals surface area contributed by atoms with E-state index in [0.29, 0.717) is 22.4 Å². The molecule has 5 aromatic rings. The van der Waals surface area contributed by atoms with Crippen LogP contribution in [0.4, 0.5) is 4.39 Å². The van der Waals surface area contributed by atoms with Crippen LogP contribution in [0.3, 0.4) is 0 Å². The molecule has 0 aliphatic carbocycles. The lowest BCUT2D eigenvalue weighted by atomic mass is 10.1. The quantitative estimate of drug-likeness (QED) is 0.426. The van der Waals surface area contributed by atoms with Gasteiger partial charge in [-0.1, -0.05) is 6.58 Å². The Morgan fingerprint density at radius 2 is 2.00 bits per heavy atom. The van der Waals surface area contributed by atoms with Gasteiger partial charge in [0.15, 0.2) is 11.7 Å². The fourth-order valence-corrected chi connectivity index (χ4v) is 4.01. The number of hydrogen-bond acceptors (Lipinski definition) is 7. The number of imidazole rings is 1. The van der Waals surface area contributed by atoms with E-state index in [1.165, 1.54) is 25.8 Å². The summed E-state index contributed by atoms with van der Waals surface area (Å²) in [4.78, 5) is 24.2. The first-order chi connectivity index (χ1) is 15.2. The van der Waals surface area contributed by atoms with Gasteiger partial charge < -0.3 is 4.98 Å². The molecule has 0 bridgehead atoms. The molecule has 2 N–H and O–H groups in total. The molecule has 8 nitrogen and oxygen atoms in total. The summed E-state index contributed by atoms with van der Waals surface area (Å²) >= 11 is 1.59. The number of pyridine rings is 1. The minimum Gasteiger partial charge on any atom is -0.335 e. The van der Waals surface area contributed by atoms with Crippen molar-refractivity contribution in [2.24, 2.45) is 4.99 Å². The zero-order chi connectivity index (χ0) is 21.4. The van der Waals surface area contributed by atoms with Gasteiger partial charge in [-0.15, -0.1) is 0 Å². The van der Waals surface area contributed by atoms with Crippen LogP contribution in [0.15, 0.2) is 52.9 Å². The van der Waals surface area contributed by atoms with E-state index in [9.17, 15) is 0 Å². The Hall–Kier alpha value is -4.05. The molecule has 5 aromatic heterocycles. The highest BCUT2D eigenvalue weighted by molar-refractivity contribution is 7.08. The molecule has 0 unspecified atom stereocenters. The van der Waals surface area contributed by atoms with Gasteiger partial charge in [0.2, 0.25) is 0 Å². The molecule has 0 saturated heterocycles. The molecule has 0 spiro atoms. The molecule has 0 aromatic carbocycles. The van der Waals surface area contributed by atoms with Crippen molar-refractivity contribution in [2.45, 2.75) is 0 Å². The van der Waals surface area contributed by atoms with Crippen LogP contribution in [0.2, 0.25) is 0 Å². The summed E-state index contributed by atoms with van der Waals surface area (Å²) < 4.78 is 15.7. The fourth-order valence-electron chi connectivity index (χ4n) is 3.35. The van der Waals surface area contributed by atoms with Crippen molar-refractivity contribution >= 4 is 40.5 Å². The van der Waals surface area contributed by atoms with Crippen LogP contribution in [0, 0.1) is 0 Å². The highest BCUT2D eigenvalue weighted by Crippen LogP contribution is 2.29. The van der Waals surface area contributed by atoms with Gasteiger partial charge in [0.1, 0.15) is 23.2 Å². The van der Waals surface area contributed by atoms with Crippen LogP contribution in [-0.4, -0.2) is 47.9 Å². The topological polar surface area (TPSA) is 108 Å². The molecule has 0 saturated carbocycles. The van der Waals surface area contributed by atoms with Crippen molar-refractivity contribution in [3.8, 4) is 22.6 Å². The van der Waals surface area contributed by atoms with E-state index in [1.807, 2.05) is 16.8 Å². The molecular formula is C21H15FN8S. The molecule has 0 amide bonds. The summed E-state index contributed by atoms with van der Waals surface area (Å²) in [6.45, 7) is 3.89. The molecule has 31 heavy (non-hydrogen) atoms. The van der Waals surface area contributed by atoms with Gasteiger partial charge >= 0.3 is 0 Å². The number of nitrogens with one attached hydrogen (secondary N) is 2. The number of aliphatic imine (C=N–C) groups is 1. The van der Waals surface area contributed by atoms with Crippen LogP contribution >= 0.6 is 11.3 Å². The lowest BCUT2D eigenvalue weighted by Gasteiger charge is -2.02. The number of hydrogen-bond donors (Lipinski definition) is 2. The van der Waals surface area contributed by atoms with E-state index in [-0.39, 0.29) is 10.9 Å². The van der Waals surface area contributed by atoms with E-state index >= 15 is 4.39 Å². The third-order valence-corrected chi connectivity index (χ3v) is 5.46. The largest absolute Gasteiger partial charge is 0.335 e. The summed E-state index contributed by atoms with van der Waals surface area (Å²) in [7, 11) is 1.50. The standard InChI is InChI=1S/C21H15FN8S/c1-11-16(17(22)18(23-2)13-5-25-10-26-6-13)20(30-29-11)21-27-15-8-24-7-14(19(15)28-21)12-3-4-31-9-12/h3-10,29H,1H2,2H3,(H,27,28)/b17-16-,23-18?. The van der Waals surface area contributed by atoms with Crippen molar-refractivity contribution in [1.82, 2.24) is 35.1 Å². The van der Waals surface area contributed by atoms with Crippen LogP contribution in [0.25, 0.3) is 46.1 Å². The van der Waals surface area contributed by atoms with Crippen molar-refractivity contribution in [3.05, 3.63) is 64.1 Å². The average Bonchev–Trinajstić information content (AvgIpc) is 3.54. The molecule has 0 aliphatic heterocycles. The summed E-state index contributed by atoms with van der Waals surface area (Å²) in [6, 6.07) is 2.00. The minimum absolute atomic E-state index is 0.102. The SMILES string of the molecule is C=c1[nH]nc(-c2nc3c(-c4ccsc4)cncc3[nH]2)/c1=C(\F)C(=NC)c1cncnc1. The fraction of sp³-hybridized carbons (Fsp3) is 0.0476. The zero-order valence-corrected chi connectivity index (χ0v) is 17.1. The summed E-state index contributed by atoms with van der Waals surface area (Å²) in [5, 5.41) is 11.5. The maximum atomic E-state index is 15.7. The van der Waals surface area contributed by atoms with Gasteiger partial charge in [0.25, 0.3) is 0 Å². The molecule has 0 fully saturated rings. The zero-order valence-electron chi connectivity index (χ0n) is 16.3. The van der Waals surface area contributed by atoms with Crippen LogP contribution in [0.5, 0.6) is 0 Å².